The number of imide groups is 2. The van der Waals surface area contributed by atoms with Gasteiger partial charge in [0.25, 0.3) is 17.7 Å². The molecule has 66 heavy (non-hydrogen) atoms. The summed E-state index contributed by atoms with van der Waals surface area (Å²) < 4.78 is 7.69. The van der Waals surface area contributed by atoms with Gasteiger partial charge in [-0.2, -0.15) is 10.2 Å². The number of nitrogens with zero attached hydrogens (tertiary/aromatic N) is 7. The Morgan fingerprint density at radius 2 is 1.58 bits per heavy atom. The molecule has 19 heteroatoms. The van der Waals surface area contributed by atoms with E-state index in [9.17, 15) is 28.8 Å². The second kappa shape index (κ2) is 18.1. The maximum atomic E-state index is 13.5. The van der Waals surface area contributed by atoms with Gasteiger partial charge in [0.05, 0.1) is 34.6 Å². The molecule has 0 radical (unpaired) electrons. The Labute approximate surface area is 386 Å². The predicted octanol–water partition coefficient (Wildman–Crippen LogP) is 7.34. The number of fused-ring (bicyclic) bond motifs is 4. The van der Waals surface area contributed by atoms with Crippen LogP contribution in [0, 0.1) is 20.8 Å². The lowest BCUT2D eigenvalue weighted by Gasteiger charge is -2.27. The first-order valence-corrected chi connectivity index (χ1v) is 22.0. The molecule has 9 rings (SSSR count). The minimum absolute atomic E-state index is 0.00655. The number of hydrogen-bond donors (Lipinski definition) is 3. The number of ether oxygens (including phenoxy) is 1. The van der Waals surface area contributed by atoms with E-state index in [-0.39, 0.29) is 48.6 Å². The summed E-state index contributed by atoms with van der Waals surface area (Å²) in [6.45, 7) is 5.86. The summed E-state index contributed by atoms with van der Waals surface area (Å²) in [7, 11) is 0. The van der Waals surface area contributed by atoms with Gasteiger partial charge in [0, 0.05) is 39.7 Å². The molecule has 6 aromatic rings. The zero-order chi connectivity index (χ0) is 46.2. The molecule has 1 unspecified atom stereocenters. The van der Waals surface area contributed by atoms with Crippen LogP contribution >= 0.6 is 22.9 Å². The Morgan fingerprint density at radius 1 is 0.864 bits per heavy atom. The number of benzene rings is 4. The Balaban J connectivity index is 0.780. The molecule has 2 aromatic heterocycles. The van der Waals surface area contributed by atoms with Crippen LogP contribution in [0.1, 0.15) is 84.8 Å². The first-order valence-electron chi connectivity index (χ1n) is 20.8. The van der Waals surface area contributed by atoms with E-state index in [4.69, 9.17) is 21.3 Å². The highest BCUT2D eigenvalue weighted by atomic mass is 35.5. The molecule has 5 heterocycles. The first-order chi connectivity index (χ1) is 31.8. The number of hydrogen-bond acceptors (Lipinski definition) is 13. The molecular formula is C47H39ClN10O7S. The second-order valence-electron chi connectivity index (χ2n) is 15.8. The Kier molecular flexibility index (Phi) is 11.9. The third-order valence-corrected chi connectivity index (χ3v) is 12.8. The highest BCUT2D eigenvalue weighted by Crippen LogP contribution is 2.40. The highest BCUT2D eigenvalue weighted by Gasteiger charge is 2.46. The normalized spacial score (nSPS) is 16.6. The molecule has 6 amide bonds. The van der Waals surface area contributed by atoms with E-state index in [1.54, 1.807) is 47.7 Å². The van der Waals surface area contributed by atoms with Gasteiger partial charge in [-0.15, -0.1) is 21.5 Å². The number of amides is 6. The number of rotatable bonds is 12. The smallest absolute Gasteiger partial charge is 0.266 e. The average Bonchev–Trinajstić information content (AvgIpc) is 3.89. The van der Waals surface area contributed by atoms with Crippen LogP contribution in [0.5, 0.6) is 5.75 Å². The lowest BCUT2D eigenvalue weighted by atomic mass is 9.99. The predicted molar refractivity (Wildman–Crippen MR) is 244 cm³/mol. The summed E-state index contributed by atoms with van der Waals surface area (Å²) in [6, 6.07) is 24.2. The summed E-state index contributed by atoms with van der Waals surface area (Å²) >= 11 is 7.89. The molecule has 17 nitrogen and oxygen atoms in total. The number of thiophene rings is 1. The topological polar surface area (TPSA) is 219 Å². The first kappa shape index (κ1) is 43.5. The van der Waals surface area contributed by atoms with Crippen LogP contribution in [-0.2, 0) is 25.7 Å². The number of halogens is 1. The van der Waals surface area contributed by atoms with Gasteiger partial charge in [-0.3, -0.25) is 48.5 Å². The monoisotopic (exact) mass is 922 g/mol. The summed E-state index contributed by atoms with van der Waals surface area (Å²) in [6.07, 6.45) is 0.0653. The van der Waals surface area contributed by atoms with Gasteiger partial charge < -0.3 is 15.4 Å². The molecule has 0 saturated carbocycles. The molecule has 3 aliphatic rings. The fraction of sp³-hybridized carbons (Fsp3) is 0.213. The van der Waals surface area contributed by atoms with Crippen molar-refractivity contribution in [3.05, 3.63) is 146 Å². The van der Waals surface area contributed by atoms with Crippen molar-refractivity contribution >= 4 is 81.2 Å². The Hall–Kier alpha value is -7.70. The number of carbonyl (C=O) groups excluding carboxylic acids is 6. The van der Waals surface area contributed by atoms with Crippen LogP contribution in [0.15, 0.2) is 106 Å². The minimum Gasteiger partial charge on any atom is -0.483 e. The van der Waals surface area contributed by atoms with E-state index in [1.165, 1.54) is 18.2 Å². The van der Waals surface area contributed by atoms with Crippen molar-refractivity contribution in [2.24, 2.45) is 15.2 Å². The van der Waals surface area contributed by atoms with E-state index >= 15 is 0 Å². The molecule has 332 valence electrons. The summed E-state index contributed by atoms with van der Waals surface area (Å²) in [4.78, 5) is 84.0. The number of carbonyl (C=O) groups is 6. The third-order valence-electron chi connectivity index (χ3n) is 11.4. The zero-order valence-electron chi connectivity index (χ0n) is 35.6. The summed E-state index contributed by atoms with van der Waals surface area (Å²) in [5.41, 5.74) is 6.18. The molecule has 0 spiro atoms. The second-order valence-corrected chi connectivity index (χ2v) is 17.4. The number of nitrogens with one attached hydrogen (secondary N) is 3. The van der Waals surface area contributed by atoms with Gasteiger partial charge >= 0.3 is 0 Å². The van der Waals surface area contributed by atoms with Crippen LogP contribution in [0.25, 0.3) is 5.00 Å². The lowest BCUT2D eigenvalue weighted by Crippen LogP contribution is -2.54. The standard InChI is InChI=1S/C47H39ClN10O7S/c1-24-25(2)66-47-40(24)42(28-9-11-29(48)12-10-28)51-34(43-56-53-26(3)57(43)47)21-38(60)49-22-27-7-13-31(14-8-27)54-55-32-17-15-30(16-18-32)50-39(61)23-65-36-6-4-5-33-41(36)46(64)58(45(33)63)35-19-20-37(59)52-44(35)62/h4-18,34-35H,19-23H2,1-3H3,(H,49,60)(H,50,61)(H,52,59,62)/b55-54+/t34-,35?/m0/s1. The number of aliphatic imine (C=N–C) groups is 1. The van der Waals surface area contributed by atoms with Gasteiger partial charge in [0.1, 0.15) is 28.7 Å². The van der Waals surface area contributed by atoms with Gasteiger partial charge in [0.15, 0.2) is 12.4 Å². The van der Waals surface area contributed by atoms with Crippen molar-refractivity contribution in [3.8, 4) is 10.8 Å². The molecule has 3 aliphatic heterocycles. The van der Waals surface area contributed by atoms with Crippen molar-refractivity contribution in [2.75, 3.05) is 11.9 Å². The largest absolute Gasteiger partial charge is 0.483 e. The molecule has 0 bridgehead atoms. The van der Waals surface area contributed by atoms with Gasteiger partial charge in [-0.25, -0.2) is 0 Å². The van der Waals surface area contributed by atoms with Crippen LogP contribution in [0.2, 0.25) is 5.02 Å². The lowest BCUT2D eigenvalue weighted by molar-refractivity contribution is -0.136. The number of aryl methyl sites for hydroxylation is 2. The fourth-order valence-electron chi connectivity index (χ4n) is 7.93. The molecular weight excluding hydrogens is 884 g/mol. The zero-order valence-corrected chi connectivity index (χ0v) is 37.2. The van der Waals surface area contributed by atoms with Crippen molar-refractivity contribution in [1.29, 1.82) is 0 Å². The Morgan fingerprint density at radius 3 is 2.29 bits per heavy atom. The maximum Gasteiger partial charge on any atom is 0.266 e. The minimum atomic E-state index is -1.13. The van der Waals surface area contributed by atoms with Crippen LogP contribution in [0.3, 0.4) is 0 Å². The molecule has 0 aliphatic carbocycles. The van der Waals surface area contributed by atoms with E-state index in [2.05, 4.69) is 50.2 Å². The quantitative estimate of drug-likeness (QED) is 0.0825. The van der Waals surface area contributed by atoms with Crippen molar-refractivity contribution in [1.82, 2.24) is 30.3 Å². The molecule has 2 atom stereocenters. The van der Waals surface area contributed by atoms with Crippen molar-refractivity contribution in [2.45, 2.75) is 58.7 Å². The van der Waals surface area contributed by atoms with Gasteiger partial charge in [-0.05, 0) is 99.0 Å². The average molecular weight is 923 g/mol. The van der Waals surface area contributed by atoms with E-state index in [0.29, 0.717) is 33.7 Å². The Bertz CT molecular complexity index is 3030. The number of aromatic nitrogens is 3. The van der Waals surface area contributed by atoms with Crippen LogP contribution in [-0.4, -0.2) is 73.5 Å². The third kappa shape index (κ3) is 8.62. The molecule has 1 fully saturated rings. The highest BCUT2D eigenvalue weighted by molar-refractivity contribution is 7.15. The van der Waals surface area contributed by atoms with E-state index < -0.39 is 48.2 Å². The van der Waals surface area contributed by atoms with E-state index in [0.717, 1.165) is 42.7 Å². The van der Waals surface area contributed by atoms with Crippen molar-refractivity contribution in [3.63, 3.8) is 0 Å². The number of azo groups is 1. The van der Waals surface area contributed by atoms with Gasteiger partial charge in [0.2, 0.25) is 17.7 Å². The van der Waals surface area contributed by atoms with Crippen LogP contribution in [0.4, 0.5) is 17.1 Å². The molecule has 3 N–H and O–H groups in total. The maximum absolute atomic E-state index is 13.5. The number of anilines is 1. The SMILES string of the molecule is Cc1sc2c(c1C)C(c1ccc(Cl)cc1)=N[C@@H](CC(=O)NCc1ccc(/N=N/c3ccc(NC(=O)COc4cccc5c4C(=O)N(C4CCC(=O)NC4=O)C5=O)cc3)cc1)c1nnc(C)n1-2. The van der Waals surface area contributed by atoms with E-state index in [1.807, 2.05) is 47.9 Å². The fourth-order valence-corrected chi connectivity index (χ4v) is 9.27. The molecule has 4 aromatic carbocycles. The molecule has 1 saturated heterocycles. The van der Waals surface area contributed by atoms with Crippen molar-refractivity contribution < 1.29 is 33.5 Å². The van der Waals surface area contributed by atoms with Gasteiger partial charge in [-0.1, -0.05) is 41.9 Å². The number of piperidine rings is 1. The summed E-state index contributed by atoms with van der Waals surface area (Å²) in [5.74, 6) is -2.01. The van der Waals surface area contributed by atoms with Crippen LogP contribution < -0.4 is 20.7 Å². The summed E-state index contributed by atoms with van der Waals surface area (Å²) in [5, 5.41) is 27.0.